The summed E-state index contributed by atoms with van der Waals surface area (Å²) in [5, 5.41) is 1.20. The summed E-state index contributed by atoms with van der Waals surface area (Å²) in [4.78, 5) is 6.22. The molecule has 3 nitrogen and oxygen atoms in total. The average Bonchev–Trinajstić information content (AvgIpc) is 2.41. The first kappa shape index (κ1) is 15.1. The van der Waals surface area contributed by atoms with Gasteiger partial charge in [0.2, 0.25) is 0 Å². The number of likely N-dealkylation sites (N-methyl/N-ethyl adjacent to an activating group) is 1. The minimum Gasteiger partial charge on any atom is -0.492 e. The van der Waals surface area contributed by atoms with E-state index in [0.717, 1.165) is 24.4 Å². The second-order valence-corrected chi connectivity index (χ2v) is 5.36. The van der Waals surface area contributed by atoms with Crippen LogP contribution >= 0.6 is 23.2 Å². The van der Waals surface area contributed by atoms with Crippen molar-refractivity contribution in [2.75, 3.05) is 20.2 Å². The van der Waals surface area contributed by atoms with Crippen LogP contribution in [-0.4, -0.2) is 30.1 Å². The van der Waals surface area contributed by atoms with E-state index in [-0.39, 0.29) is 0 Å². The molecule has 0 bridgehead atoms. The third-order valence-electron chi connectivity index (χ3n) is 2.78. The first-order valence-electron chi connectivity index (χ1n) is 6.31. The molecule has 0 saturated carbocycles. The maximum Gasteiger partial charge on any atom is 0.129 e. The van der Waals surface area contributed by atoms with Crippen LogP contribution in [0.15, 0.2) is 42.6 Å². The van der Waals surface area contributed by atoms with Gasteiger partial charge in [-0.3, -0.25) is 4.90 Å². The van der Waals surface area contributed by atoms with E-state index in [1.54, 1.807) is 12.3 Å². The Morgan fingerprint density at radius 3 is 2.75 bits per heavy atom. The number of aromatic nitrogens is 1. The van der Waals surface area contributed by atoms with E-state index in [1.165, 1.54) is 0 Å². The zero-order chi connectivity index (χ0) is 14.4. The molecule has 0 aliphatic heterocycles. The van der Waals surface area contributed by atoms with Gasteiger partial charge >= 0.3 is 0 Å². The maximum atomic E-state index is 5.90. The maximum absolute atomic E-state index is 5.90. The largest absolute Gasteiger partial charge is 0.492 e. The van der Waals surface area contributed by atoms with Crippen LogP contribution in [0.4, 0.5) is 0 Å². The second kappa shape index (κ2) is 7.48. The lowest BCUT2D eigenvalue weighted by Crippen LogP contribution is -2.23. The molecule has 0 N–H and O–H groups in total. The fourth-order valence-corrected chi connectivity index (χ4v) is 2.06. The summed E-state index contributed by atoms with van der Waals surface area (Å²) in [5.41, 5.74) is 1.12. The highest BCUT2D eigenvalue weighted by molar-refractivity contribution is 6.30. The fourth-order valence-electron chi connectivity index (χ4n) is 1.77. The lowest BCUT2D eigenvalue weighted by Gasteiger charge is -2.17. The number of hydrogen-bond donors (Lipinski definition) is 0. The van der Waals surface area contributed by atoms with Crippen LogP contribution < -0.4 is 4.74 Å². The molecule has 0 aliphatic rings. The summed E-state index contributed by atoms with van der Waals surface area (Å²) < 4.78 is 5.65. The van der Waals surface area contributed by atoms with Crippen molar-refractivity contribution in [2.24, 2.45) is 0 Å². The van der Waals surface area contributed by atoms with Crippen molar-refractivity contribution in [3.63, 3.8) is 0 Å². The third-order valence-corrected chi connectivity index (χ3v) is 3.24. The number of rotatable bonds is 6. The van der Waals surface area contributed by atoms with E-state index in [0.29, 0.717) is 16.8 Å². The summed E-state index contributed by atoms with van der Waals surface area (Å²) in [6.07, 6.45) is 1.79. The Morgan fingerprint density at radius 1 is 1.20 bits per heavy atom. The van der Waals surface area contributed by atoms with Crippen molar-refractivity contribution in [3.8, 4) is 5.75 Å². The predicted octanol–water partition coefficient (Wildman–Crippen LogP) is 3.90. The van der Waals surface area contributed by atoms with Gasteiger partial charge in [0.1, 0.15) is 17.5 Å². The molecule has 0 fully saturated rings. The highest BCUT2D eigenvalue weighted by Gasteiger charge is 2.02. The molecular weight excluding hydrogens is 295 g/mol. The van der Waals surface area contributed by atoms with Gasteiger partial charge in [-0.25, -0.2) is 4.98 Å². The summed E-state index contributed by atoms with van der Waals surface area (Å²) in [6.45, 7) is 2.23. The first-order chi connectivity index (χ1) is 9.63. The quantitative estimate of drug-likeness (QED) is 0.757. The molecule has 1 heterocycles. The van der Waals surface area contributed by atoms with Crippen LogP contribution in [0, 0.1) is 0 Å². The Bertz CT molecular complexity index is 546. The molecule has 0 radical (unpaired) electrons. The van der Waals surface area contributed by atoms with Gasteiger partial charge in [0.05, 0.1) is 0 Å². The van der Waals surface area contributed by atoms with Gasteiger partial charge in [0.25, 0.3) is 0 Å². The minimum atomic E-state index is 0.515. The van der Waals surface area contributed by atoms with Gasteiger partial charge in [-0.15, -0.1) is 0 Å². The van der Waals surface area contributed by atoms with E-state index in [4.69, 9.17) is 27.9 Å². The van der Waals surface area contributed by atoms with Crippen molar-refractivity contribution in [1.82, 2.24) is 9.88 Å². The highest BCUT2D eigenvalue weighted by atomic mass is 35.5. The summed E-state index contributed by atoms with van der Waals surface area (Å²) >= 11 is 11.7. The monoisotopic (exact) mass is 310 g/mol. The minimum absolute atomic E-state index is 0.515. The first-order valence-corrected chi connectivity index (χ1v) is 7.06. The third kappa shape index (κ3) is 5.00. The number of benzene rings is 1. The van der Waals surface area contributed by atoms with E-state index in [9.17, 15) is 0 Å². The Morgan fingerprint density at radius 2 is 2.05 bits per heavy atom. The van der Waals surface area contributed by atoms with Crippen molar-refractivity contribution in [2.45, 2.75) is 6.54 Å². The zero-order valence-corrected chi connectivity index (χ0v) is 12.7. The summed E-state index contributed by atoms with van der Waals surface area (Å²) in [6, 6.07) is 11.2. The number of nitrogens with zero attached hydrogens (tertiary/aromatic N) is 2. The average molecular weight is 311 g/mol. The van der Waals surface area contributed by atoms with E-state index in [1.807, 2.05) is 37.4 Å². The number of pyridine rings is 1. The van der Waals surface area contributed by atoms with E-state index >= 15 is 0 Å². The smallest absolute Gasteiger partial charge is 0.129 e. The molecule has 0 atom stereocenters. The number of ether oxygens (including phenoxy) is 1. The Kier molecular flexibility index (Phi) is 5.65. The van der Waals surface area contributed by atoms with Crippen molar-refractivity contribution < 1.29 is 4.74 Å². The molecule has 0 aliphatic carbocycles. The van der Waals surface area contributed by atoms with Crippen LogP contribution in [0.25, 0.3) is 0 Å². The molecule has 20 heavy (non-hydrogen) atoms. The molecule has 106 valence electrons. The number of hydrogen-bond acceptors (Lipinski definition) is 3. The molecule has 1 aromatic heterocycles. The van der Waals surface area contributed by atoms with Gasteiger partial charge in [-0.1, -0.05) is 35.3 Å². The highest BCUT2D eigenvalue weighted by Crippen LogP contribution is 2.17. The van der Waals surface area contributed by atoms with Crippen LogP contribution in [0.5, 0.6) is 5.75 Å². The zero-order valence-electron chi connectivity index (χ0n) is 11.2. The normalized spacial score (nSPS) is 10.8. The van der Waals surface area contributed by atoms with Crippen molar-refractivity contribution in [1.29, 1.82) is 0 Å². The SMILES string of the molecule is CN(CCOc1cccc(Cl)c1)Cc1ccc(Cl)nc1. The molecule has 0 amide bonds. The summed E-state index contributed by atoms with van der Waals surface area (Å²) in [7, 11) is 2.04. The van der Waals surface area contributed by atoms with E-state index < -0.39 is 0 Å². The predicted molar refractivity (Wildman–Crippen MR) is 82.5 cm³/mol. The molecule has 0 unspecified atom stereocenters. The topological polar surface area (TPSA) is 25.4 Å². The molecular formula is C15H16Cl2N2O. The fraction of sp³-hybridized carbons (Fsp3) is 0.267. The van der Waals surface area contributed by atoms with Crippen LogP contribution in [0.3, 0.4) is 0 Å². The van der Waals surface area contributed by atoms with Crippen LogP contribution in [-0.2, 0) is 6.54 Å². The van der Waals surface area contributed by atoms with E-state index in [2.05, 4.69) is 9.88 Å². The van der Waals surface area contributed by atoms with Gasteiger partial charge in [-0.05, 0) is 36.9 Å². The standard InChI is InChI=1S/C15H16Cl2N2O/c1-19(11-12-5-6-15(17)18-10-12)7-8-20-14-4-2-3-13(16)9-14/h2-6,9-10H,7-8,11H2,1H3. The van der Waals surface area contributed by atoms with Gasteiger partial charge in [0.15, 0.2) is 0 Å². The van der Waals surface area contributed by atoms with Crippen LogP contribution in [0.2, 0.25) is 10.2 Å². The molecule has 2 rings (SSSR count). The van der Waals surface area contributed by atoms with Crippen molar-refractivity contribution >= 4 is 23.2 Å². The van der Waals surface area contributed by atoms with Crippen molar-refractivity contribution in [3.05, 3.63) is 58.3 Å². The van der Waals surface area contributed by atoms with Gasteiger partial charge in [0, 0.05) is 24.3 Å². The van der Waals surface area contributed by atoms with Gasteiger partial charge < -0.3 is 4.74 Å². The van der Waals surface area contributed by atoms with Gasteiger partial charge in [-0.2, -0.15) is 0 Å². The molecule has 0 spiro atoms. The Hall–Kier alpha value is -1.29. The molecule has 0 saturated heterocycles. The summed E-state index contributed by atoms with van der Waals surface area (Å²) in [5.74, 6) is 0.791. The number of halogens is 2. The molecule has 2 aromatic rings. The molecule has 1 aromatic carbocycles. The lowest BCUT2D eigenvalue weighted by molar-refractivity contribution is 0.233. The second-order valence-electron chi connectivity index (χ2n) is 4.53. The Labute approximate surface area is 129 Å². The van der Waals surface area contributed by atoms with Crippen LogP contribution in [0.1, 0.15) is 5.56 Å². The molecule has 5 heteroatoms. The lowest BCUT2D eigenvalue weighted by atomic mass is 10.3. The Balaban J connectivity index is 1.75.